The zero-order chi connectivity index (χ0) is 15.7. The molecule has 122 valence electrons. The van der Waals surface area contributed by atoms with Gasteiger partial charge in [-0.3, -0.25) is 4.90 Å². The van der Waals surface area contributed by atoms with Gasteiger partial charge in [-0.15, -0.1) is 0 Å². The number of piperazine rings is 1. The number of rotatable bonds is 4. The van der Waals surface area contributed by atoms with Crippen molar-refractivity contribution in [2.24, 2.45) is 5.92 Å². The fraction of sp³-hybridized carbons (Fsp3) is 0.625. The monoisotopic (exact) mass is 332 g/mol. The highest BCUT2D eigenvalue weighted by molar-refractivity contribution is 6.31. The molecule has 1 atom stereocenters. The van der Waals surface area contributed by atoms with Crippen molar-refractivity contribution in [3.05, 3.63) is 34.3 Å². The average molecular weight is 333 g/mol. The van der Waals surface area contributed by atoms with Crippen LogP contribution in [0.3, 0.4) is 0 Å². The molecule has 2 nitrogen and oxygen atoms in total. The van der Waals surface area contributed by atoms with E-state index >= 15 is 0 Å². The maximum Gasteiger partial charge on any atom is 0.416 e. The summed E-state index contributed by atoms with van der Waals surface area (Å²) in [4.78, 5) is 2.16. The lowest BCUT2D eigenvalue weighted by molar-refractivity contribution is -0.138. The van der Waals surface area contributed by atoms with Gasteiger partial charge in [0.15, 0.2) is 0 Å². The summed E-state index contributed by atoms with van der Waals surface area (Å²) in [6, 6.07) is 3.89. The van der Waals surface area contributed by atoms with E-state index in [1.807, 2.05) is 0 Å². The zero-order valence-corrected chi connectivity index (χ0v) is 13.1. The van der Waals surface area contributed by atoms with Crippen molar-refractivity contribution < 1.29 is 13.2 Å². The number of nitrogens with one attached hydrogen (secondary N) is 1. The Morgan fingerprint density at radius 3 is 2.50 bits per heavy atom. The van der Waals surface area contributed by atoms with E-state index in [0.717, 1.165) is 51.5 Å². The third kappa shape index (κ3) is 3.58. The van der Waals surface area contributed by atoms with Crippen LogP contribution in [0.2, 0.25) is 5.02 Å². The van der Waals surface area contributed by atoms with Crippen LogP contribution in [-0.4, -0.2) is 31.1 Å². The minimum Gasteiger partial charge on any atom is -0.314 e. The second kappa shape index (κ2) is 6.38. The maximum atomic E-state index is 13.4. The topological polar surface area (TPSA) is 15.3 Å². The van der Waals surface area contributed by atoms with Crippen LogP contribution in [0.5, 0.6) is 0 Å². The van der Waals surface area contributed by atoms with Gasteiger partial charge in [-0.1, -0.05) is 30.5 Å². The van der Waals surface area contributed by atoms with Crippen molar-refractivity contribution in [1.82, 2.24) is 10.2 Å². The van der Waals surface area contributed by atoms with E-state index in [1.54, 1.807) is 6.07 Å². The van der Waals surface area contributed by atoms with Crippen LogP contribution < -0.4 is 5.32 Å². The molecular weight excluding hydrogens is 313 g/mol. The first kappa shape index (κ1) is 16.1. The maximum absolute atomic E-state index is 13.4. The van der Waals surface area contributed by atoms with E-state index in [4.69, 9.17) is 11.6 Å². The normalized spacial score (nSPS) is 21.8. The molecule has 3 rings (SSSR count). The van der Waals surface area contributed by atoms with Crippen molar-refractivity contribution in [2.45, 2.75) is 31.5 Å². The molecule has 0 aromatic heterocycles. The number of alkyl halides is 3. The first-order chi connectivity index (χ1) is 10.5. The third-order valence-electron chi connectivity index (χ3n) is 4.54. The van der Waals surface area contributed by atoms with Crippen molar-refractivity contribution in [3.8, 4) is 0 Å². The second-order valence-electron chi connectivity index (χ2n) is 6.18. The molecule has 1 aliphatic carbocycles. The number of hydrogen-bond donors (Lipinski definition) is 1. The summed E-state index contributed by atoms with van der Waals surface area (Å²) in [6.45, 7) is 3.15. The summed E-state index contributed by atoms with van der Waals surface area (Å²) in [5.41, 5.74) is -0.311. The Hall–Kier alpha value is -0.780. The Labute approximate surface area is 133 Å². The molecule has 1 saturated carbocycles. The molecule has 1 aromatic rings. The van der Waals surface area contributed by atoms with Gasteiger partial charge in [0.05, 0.1) is 5.56 Å². The first-order valence-corrected chi connectivity index (χ1v) is 8.15. The van der Waals surface area contributed by atoms with Crippen LogP contribution in [0.1, 0.15) is 36.4 Å². The quantitative estimate of drug-likeness (QED) is 0.892. The number of hydrogen-bond acceptors (Lipinski definition) is 2. The minimum atomic E-state index is -4.37. The lowest BCUT2D eigenvalue weighted by Gasteiger charge is -2.37. The molecule has 0 spiro atoms. The van der Waals surface area contributed by atoms with Crippen LogP contribution in [0.4, 0.5) is 13.2 Å². The van der Waals surface area contributed by atoms with Gasteiger partial charge in [0.25, 0.3) is 0 Å². The Kier molecular flexibility index (Phi) is 4.67. The van der Waals surface area contributed by atoms with Crippen molar-refractivity contribution >= 4 is 11.6 Å². The summed E-state index contributed by atoms with van der Waals surface area (Å²) in [5, 5.41) is 3.49. The molecule has 6 heteroatoms. The number of nitrogens with zero attached hydrogens (tertiary/aromatic N) is 1. The van der Waals surface area contributed by atoms with E-state index in [0.29, 0.717) is 5.92 Å². The molecule has 0 amide bonds. The Balaban J connectivity index is 1.98. The fourth-order valence-electron chi connectivity index (χ4n) is 3.24. The minimum absolute atomic E-state index is 0.235. The van der Waals surface area contributed by atoms with E-state index in [1.165, 1.54) is 6.07 Å². The second-order valence-corrected chi connectivity index (χ2v) is 6.59. The molecule has 22 heavy (non-hydrogen) atoms. The Bertz CT molecular complexity index is 523. The summed E-state index contributed by atoms with van der Waals surface area (Å²) in [5.74, 6) is 0.539. The SMILES string of the molecule is FC(F)(F)c1cccc(Cl)c1[C@@H](CC1CC1)N1CCNCC1. The Morgan fingerprint density at radius 2 is 1.91 bits per heavy atom. The molecule has 0 bridgehead atoms. The lowest BCUT2D eigenvalue weighted by atomic mass is 9.93. The van der Waals surface area contributed by atoms with Gasteiger partial charge in [0.2, 0.25) is 0 Å². The molecule has 2 fully saturated rings. The number of halogens is 4. The van der Waals surface area contributed by atoms with Gasteiger partial charge in [-0.2, -0.15) is 13.2 Å². The van der Waals surface area contributed by atoms with Gasteiger partial charge in [0, 0.05) is 42.8 Å². The number of benzene rings is 1. The Morgan fingerprint density at radius 1 is 1.23 bits per heavy atom. The molecule has 0 radical (unpaired) electrons. The third-order valence-corrected chi connectivity index (χ3v) is 4.87. The predicted octanol–water partition coefficient (Wildman–Crippen LogP) is 4.11. The van der Waals surface area contributed by atoms with E-state index in [9.17, 15) is 13.2 Å². The molecule has 1 saturated heterocycles. The summed E-state index contributed by atoms with van der Waals surface area (Å²) in [6.07, 6.45) is -1.36. The highest BCUT2D eigenvalue weighted by Crippen LogP contribution is 2.45. The molecule has 0 unspecified atom stereocenters. The zero-order valence-electron chi connectivity index (χ0n) is 12.3. The first-order valence-electron chi connectivity index (χ1n) is 7.77. The summed E-state index contributed by atoms with van der Waals surface area (Å²) < 4.78 is 40.3. The molecule has 2 aliphatic rings. The van der Waals surface area contributed by atoms with Crippen molar-refractivity contribution in [1.29, 1.82) is 0 Å². The molecule has 1 aliphatic heterocycles. The van der Waals surface area contributed by atoms with Crippen molar-refractivity contribution in [2.75, 3.05) is 26.2 Å². The van der Waals surface area contributed by atoms with E-state index in [2.05, 4.69) is 10.2 Å². The molecular formula is C16H20ClF3N2. The largest absolute Gasteiger partial charge is 0.416 e. The van der Waals surface area contributed by atoms with Crippen molar-refractivity contribution in [3.63, 3.8) is 0 Å². The van der Waals surface area contributed by atoms with Gasteiger partial charge in [0.1, 0.15) is 0 Å². The van der Waals surface area contributed by atoms with Crippen LogP contribution in [0.25, 0.3) is 0 Å². The molecule has 1 aromatic carbocycles. The predicted molar refractivity (Wildman–Crippen MR) is 81.0 cm³/mol. The highest BCUT2D eigenvalue weighted by Gasteiger charge is 2.39. The van der Waals surface area contributed by atoms with E-state index in [-0.39, 0.29) is 16.6 Å². The summed E-state index contributed by atoms with van der Waals surface area (Å²) >= 11 is 6.21. The average Bonchev–Trinajstić information content (AvgIpc) is 3.29. The van der Waals surface area contributed by atoms with Crippen LogP contribution in [0.15, 0.2) is 18.2 Å². The van der Waals surface area contributed by atoms with Gasteiger partial charge in [-0.05, 0) is 24.5 Å². The molecule has 1 heterocycles. The van der Waals surface area contributed by atoms with Gasteiger partial charge < -0.3 is 5.32 Å². The van der Waals surface area contributed by atoms with Crippen LogP contribution in [0, 0.1) is 5.92 Å². The van der Waals surface area contributed by atoms with Crippen LogP contribution in [-0.2, 0) is 6.18 Å². The van der Waals surface area contributed by atoms with E-state index < -0.39 is 11.7 Å². The van der Waals surface area contributed by atoms with Gasteiger partial charge in [-0.25, -0.2) is 0 Å². The summed E-state index contributed by atoms with van der Waals surface area (Å²) in [7, 11) is 0. The highest BCUT2D eigenvalue weighted by atomic mass is 35.5. The molecule has 1 N–H and O–H groups in total. The smallest absolute Gasteiger partial charge is 0.314 e. The fourth-order valence-corrected chi connectivity index (χ4v) is 3.54. The van der Waals surface area contributed by atoms with Gasteiger partial charge >= 0.3 is 6.18 Å². The lowest BCUT2D eigenvalue weighted by Crippen LogP contribution is -2.45. The van der Waals surface area contributed by atoms with Crippen LogP contribution >= 0.6 is 11.6 Å². The standard InChI is InChI=1S/C16H20ClF3N2/c17-13-3-1-2-12(16(18,19)20)15(13)14(10-11-4-5-11)22-8-6-21-7-9-22/h1-3,11,14,21H,4-10H2/t14-/m1/s1.